The fraction of sp³-hybridized carbons (Fsp3) is 0.233. The minimum absolute atomic E-state index is 0.0490. The van der Waals surface area contributed by atoms with Gasteiger partial charge in [-0.1, -0.05) is 36.9 Å². The number of carbonyl (C=O) groups excluding carboxylic acids is 2. The Labute approximate surface area is 238 Å². The molecule has 1 atom stereocenters. The lowest BCUT2D eigenvalue weighted by Crippen LogP contribution is -2.39. The number of nitrogens with two attached hydrogens (primary N) is 1. The fourth-order valence-electron chi connectivity index (χ4n) is 4.94. The van der Waals surface area contributed by atoms with Crippen molar-refractivity contribution in [3.63, 3.8) is 0 Å². The van der Waals surface area contributed by atoms with Crippen LogP contribution in [0.15, 0.2) is 73.7 Å². The third-order valence-electron chi connectivity index (χ3n) is 7.04. The Morgan fingerprint density at radius 1 is 1.15 bits per heavy atom. The van der Waals surface area contributed by atoms with Gasteiger partial charge >= 0.3 is 0 Å². The number of hydrogen-bond acceptors (Lipinski definition) is 8. The Hall–Kier alpha value is -5.19. The topological polar surface area (TPSA) is 140 Å². The maximum absolute atomic E-state index is 12.2. The first-order valence-electron chi connectivity index (χ1n) is 13.3. The molecule has 1 saturated heterocycles. The average molecular weight is 553 g/mol. The summed E-state index contributed by atoms with van der Waals surface area (Å²) in [5.74, 6) is 0.332. The molecule has 210 valence electrons. The standard InChI is InChI=1S/C30H32N8O3/c1-4-26(39)37-12-8-11-23(18-37)38-17-22(15-33-38)34-30-32-16-24(28(31)40)29(36-30)35-27-19(2)13-21(14-25(27)41-3)20-9-6-5-7-10-20/h4-7,9-10,13-17,23H,1,8,11-12,18H2,2-3H3,(H2,31,40)(H2,32,34,35,36)/t23-/m1/s1. The van der Waals surface area contributed by atoms with Gasteiger partial charge in [-0.3, -0.25) is 14.3 Å². The summed E-state index contributed by atoms with van der Waals surface area (Å²) in [6.07, 6.45) is 8.03. The molecule has 11 nitrogen and oxygen atoms in total. The van der Waals surface area contributed by atoms with E-state index in [0.717, 1.165) is 29.5 Å². The van der Waals surface area contributed by atoms with Crippen LogP contribution in [0.4, 0.5) is 23.1 Å². The van der Waals surface area contributed by atoms with E-state index in [1.807, 2.05) is 60.3 Å². The number of methoxy groups -OCH3 is 1. The van der Waals surface area contributed by atoms with Crippen molar-refractivity contribution >= 4 is 35.0 Å². The number of ether oxygens (including phenoxy) is 1. The molecule has 1 aliphatic heterocycles. The zero-order valence-corrected chi connectivity index (χ0v) is 23.0. The molecule has 0 unspecified atom stereocenters. The zero-order chi connectivity index (χ0) is 28.9. The first-order valence-corrected chi connectivity index (χ1v) is 13.3. The van der Waals surface area contributed by atoms with Crippen molar-refractivity contribution in [2.45, 2.75) is 25.8 Å². The van der Waals surface area contributed by atoms with E-state index in [1.54, 1.807) is 18.2 Å². The lowest BCUT2D eigenvalue weighted by molar-refractivity contribution is -0.127. The number of rotatable bonds is 9. The van der Waals surface area contributed by atoms with Gasteiger partial charge in [0, 0.05) is 25.5 Å². The van der Waals surface area contributed by atoms with Crippen molar-refractivity contribution in [3.05, 3.63) is 84.8 Å². The van der Waals surface area contributed by atoms with Gasteiger partial charge in [0.25, 0.3) is 5.91 Å². The number of nitrogens with one attached hydrogen (secondary N) is 2. The second-order valence-electron chi connectivity index (χ2n) is 9.80. The quantitative estimate of drug-likeness (QED) is 0.256. The number of anilines is 4. The zero-order valence-electron chi connectivity index (χ0n) is 23.0. The van der Waals surface area contributed by atoms with E-state index in [9.17, 15) is 9.59 Å². The largest absolute Gasteiger partial charge is 0.495 e. The summed E-state index contributed by atoms with van der Waals surface area (Å²) < 4.78 is 7.54. The lowest BCUT2D eigenvalue weighted by atomic mass is 10.0. The van der Waals surface area contributed by atoms with Crippen molar-refractivity contribution in [1.82, 2.24) is 24.6 Å². The Bertz CT molecular complexity index is 1580. The van der Waals surface area contributed by atoms with Crippen LogP contribution in [0.3, 0.4) is 0 Å². The highest BCUT2D eigenvalue weighted by Crippen LogP contribution is 2.36. The van der Waals surface area contributed by atoms with E-state index in [0.29, 0.717) is 30.2 Å². The molecular formula is C30H32N8O3. The van der Waals surface area contributed by atoms with E-state index in [1.165, 1.54) is 12.3 Å². The Morgan fingerprint density at radius 3 is 2.68 bits per heavy atom. The molecule has 0 saturated carbocycles. The van der Waals surface area contributed by atoms with E-state index >= 15 is 0 Å². The van der Waals surface area contributed by atoms with Crippen LogP contribution in [0.25, 0.3) is 11.1 Å². The van der Waals surface area contributed by atoms with Crippen LogP contribution in [-0.4, -0.2) is 56.7 Å². The van der Waals surface area contributed by atoms with E-state index in [2.05, 4.69) is 32.3 Å². The van der Waals surface area contributed by atoms with Gasteiger partial charge in [-0.05, 0) is 54.7 Å². The van der Waals surface area contributed by atoms with Crippen LogP contribution in [0.2, 0.25) is 0 Å². The van der Waals surface area contributed by atoms with Gasteiger partial charge in [0.1, 0.15) is 17.1 Å². The minimum Gasteiger partial charge on any atom is -0.495 e. The van der Waals surface area contributed by atoms with Crippen LogP contribution in [-0.2, 0) is 4.79 Å². The number of piperidine rings is 1. The molecule has 2 aromatic heterocycles. The molecule has 3 heterocycles. The number of amides is 2. The molecule has 2 aromatic carbocycles. The number of aryl methyl sites for hydroxylation is 1. The molecule has 0 radical (unpaired) electrons. The number of nitrogens with zero attached hydrogens (tertiary/aromatic N) is 5. The molecule has 41 heavy (non-hydrogen) atoms. The molecule has 0 spiro atoms. The maximum atomic E-state index is 12.2. The second kappa shape index (κ2) is 11.9. The summed E-state index contributed by atoms with van der Waals surface area (Å²) in [6, 6.07) is 14.0. The number of likely N-dealkylation sites (tertiary alicyclic amines) is 1. The van der Waals surface area contributed by atoms with Crippen molar-refractivity contribution in [2.75, 3.05) is 30.8 Å². The first kappa shape index (κ1) is 27.4. The van der Waals surface area contributed by atoms with Gasteiger partial charge in [-0.15, -0.1) is 0 Å². The summed E-state index contributed by atoms with van der Waals surface area (Å²) in [4.78, 5) is 34.9. The Balaban J connectivity index is 1.39. The van der Waals surface area contributed by atoms with Gasteiger partial charge < -0.3 is 26.0 Å². The predicted octanol–water partition coefficient (Wildman–Crippen LogP) is 4.59. The van der Waals surface area contributed by atoms with Gasteiger partial charge in [-0.25, -0.2) is 4.98 Å². The minimum atomic E-state index is -0.666. The van der Waals surface area contributed by atoms with Crippen LogP contribution in [0.5, 0.6) is 5.75 Å². The third kappa shape index (κ3) is 6.03. The number of benzene rings is 2. The SMILES string of the molecule is C=CC(=O)N1CCC[C@@H](n2cc(Nc3ncc(C(N)=O)c(Nc4c(C)cc(-c5ccccc5)cc4OC)n3)cn2)C1. The van der Waals surface area contributed by atoms with Crippen LogP contribution < -0.4 is 21.1 Å². The average Bonchev–Trinajstić information content (AvgIpc) is 3.46. The number of hydrogen-bond donors (Lipinski definition) is 3. The van der Waals surface area contributed by atoms with Crippen LogP contribution in [0.1, 0.15) is 34.8 Å². The number of primary amides is 1. The fourth-order valence-corrected chi connectivity index (χ4v) is 4.94. The van der Waals surface area contributed by atoms with Crippen LogP contribution >= 0.6 is 0 Å². The second-order valence-corrected chi connectivity index (χ2v) is 9.80. The molecule has 1 fully saturated rings. The van der Waals surface area contributed by atoms with Gasteiger partial charge in [-0.2, -0.15) is 10.1 Å². The van der Waals surface area contributed by atoms with Gasteiger partial charge in [0.2, 0.25) is 11.9 Å². The Kier molecular flexibility index (Phi) is 7.95. The smallest absolute Gasteiger partial charge is 0.254 e. The van der Waals surface area contributed by atoms with Gasteiger partial charge in [0.15, 0.2) is 0 Å². The summed E-state index contributed by atoms with van der Waals surface area (Å²) in [6.45, 7) is 6.81. The van der Waals surface area contributed by atoms with Crippen LogP contribution in [0, 0.1) is 6.92 Å². The molecule has 2 amide bonds. The highest BCUT2D eigenvalue weighted by molar-refractivity contribution is 5.98. The predicted molar refractivity (Wildman–Crippen MR) is 158 cm³/mol. The number of aromatic nitrogens is 4. The van der Waals surface area contributed by atoms with Crippen molar-refractivity contribution < 1.29 is 14.3 Å². The van der Waals surface area contributed by atoms with Crippen molar-refractivity contribution in [2.24, 2.45) is 5.73 Å². The van der Waals surface area contributed by atoms with E-state index in [4.69, 9.17) is 10.5 Å². The first-order chi connectivity index (χ1) is 19.9. The normalized spacial score (nSPS) is 14.8. The molecular weight excluding hydrogens is 520 g/mol. The summed E-state index contributed by atoms with van der Waals surface area (Å²) >= 11 is 0. The summed E-state index contributed by atoms with van der Waals surface area (Å²) in [5, 5.41) is 10.9. The van der Waals surface area contributed by atoms with E-state index < -0.39 is 5.91 Å². The lowest BCUT2D eigenvalue weighted by Gasteiger charge is -2.32. The Morgan fingerprint density at radius 2 is 1.95 bits per heavy atom. The molecule has 4 aromatic rings. The van der Waals surface area contributed by atoms with Crippen molar-refractivity contribution in [1.29, 1.82) is 0 Å². The molecule has 1 aliphatic rings. The number of carbonyl (C=O) groups is 2. The van der Waals surface area contributed by atoms with E-state index in [-0.39, 0.29) is 29.3 Å². The third-order valence-corrected chi connectivity index (χ3v) is 7.04. The monoisotopic (exact) mass is 552 g/mol. The maximum Gasteiger partial charge on any atom is 0.254 e. The van der Waals surface area contributed by atoms with Gasteiger partial charge in [0.05, 0.1) is 30.7 Å². The molecule has 0 aliphatic carbocycles. The molecule has 5 rings (SSSR count). The highest BCUT2D eigenvalue weighted by Gasteiger charge is 2.24. The highest BCUT2D eigenvalue weighted by atomic mass is 16.5. The summed E-state index contributed by atoms with van der Waals surface area (Å²) in [7, 11) is 1.59. The molecule has 11 heteroatoms. The molecule has 0 bridgehead atoms. The molecule has 4 N–H and O–H groups in total. The van der Waals surface area contributed by atoms with Crippen molar-refractivity contribution in [3.8, 4) is 16.9 Å². The summed E-state index contributed by atoms with van der Waals surface area (Å²) in [5.41, 5.74) is 10.0.